The molecule has 3 aromatic rings. The topological polar surface area (TPSA) is 114 Å². The number of carbonyl (C=O) groups is 2. The van der Waals surface area contributed by atoms with Gasteiger partial charge in [-0.2, -0.15) is 4.98 Å². The Kier molecular flexibility index (Phi) is 7.42. The number of alkyl halides is 1. The van der Waals surface area contributed by atoms with E-state index >= 15 is 0 Å². The van der Waals surface area contributed by atoms with Crippen LogP contribution >= 0.6 is 11.6 Å². The lowest BCUT2D eigenvalue weighted by molar-refractivity contribution is -0.140. The maximum atomic E-state index is 13.8. The van der Waals surface area contributed by atoms with Crippen molar-refractivity contribution >= 4 is 40.6 Å². The van der Waals surface area contributed by atoms with Crippen LogP contribution in [0.2, 0.25) is 5.02 Å². The number of nitrogens with one attached hydrogen (secondary N) is 1. The van der Waals surface area contributed by atoms with E-state index in [1.807, 2.05) is 6.92 Å². The fourth-order valence-electron chi connectivity index (χ4n) is 4.05. The number of halogens is 2. The minimum absolute atomic E-state index is 0.0503. The minimum Gasteiger partial charge on any atom is -0.493 e. The lowest BCUT2D eigenvalue weighted by atomic mass is 10.1. The Balaban J connectivity index is 1.64. The molecule has 1 fully saturated rings. The second-order valence-corrected chi connectivity index (χ2v) is 8.74. The fraction of sp³-hybridized carbons (Fsp3) is 0.375. The number of carbonyl (C=O) groups excluding carboxylic acids is 1. The van der Waals surface area contributed by atoms with E-state index in [0.29, 0.717) is 16.1 Å². The normalized spacial score (nSPS) is 18.9. The molecule has 0 radical (unpaired) electrons. The number of oxazole rings is 1. The van der Waals surface area contributed by atoms with Crippen molar-refractivity contribution in [1.82, 2.24) is 9.88 Å². The van der Waals surface area contributed by atoms with Gasteiger partial charge >= 0.3 is 5.97 Å². The van der Waals surface area contributed by atoms with E-state index in [2.05, 4.69) is 10.3 Å². The van der Waals surface area contributed by atoms with Gasteiger partial charge in [0.1, 0.15) is 12.2 Å². The van der Waals surface area contributed by atoms with Crippen LogP contribution in [0.25, 0.3) is 11.1 Å². The van der Waals surface area contributed by atoms with E-state index in [4.69, 9.17) is 25.5 Å². The van der Waals surface area contributed by atoms with Crippen molar-refractivity contribution in [2.45, 2.75) is 31.5 Å². The summed E-state index contributed by atoms with van der Waals surface area (Å²) in [4.78, 5) is 30.6. The van der Waals surface area contributed by atoms with Crippen LogP contribution < -0.4 is 10.1 Å². The molecular formula is C24H25ClFN3O6. The Hall–Kier alpha value is -3.37. The van der Waals surface area contributed by atoms with Crippen molar-refractivity contribution in [2.75, 3.05) is 32.3 Å². The van der Waals surface area contributed by atoms with Gasteiger partial charge in [0.2, 0.25) is 0 Å². The number of carboxylic acid groups (broad SMARTS) is 1. The van der Waals surface area contributed by atoms with Gasteiger partial charge < -0.3 is 29.2 Å². The van der Waals surface area contributed by atoms with Crippen LogP contribution in [0, 0.1) is 0 Å². The average molecular weight is 506 g/mol. The molecule has 186 valence electrons. The van der Waals surface area contributed by atoms with E-state index in [1.165, 1.54) is 24.1 Å². The minimum atomic E-state index is -1.02. The van der Waals surface area contributed by atoms with Crippen molar-refractivity contribution in [2.24, 2.45) is 0 Å². The van der Waals surface area contributed by atoms with Gasteiger partial charge in [-0.1, -0.05) is 23.7 Å². The van der Waals surface area contributed by atoms with E-state index < -0.39 is 24.7 Å². The van der Waals surface area contributed by atoms with Crippen molar-refractivity contribution < 1.29 is 33.0 Å². The van der Waals surface area contributed by atoms with E-state index in [9.17, 15) is 19.1 Å². The van der Waals surface area contributed by atoms with Crippen molar-refractivity contribution in [3.05, 3.63) is 52.5 Å². The van der Waals surface area contributed by atoms with Crippen molar-refractivity contribution in [3.8, 4) is 5.75 Å². The van der Waals surface area contributed by atoms with E-state index in [1.54, 1.807) is 24.3 Å². The molecule has 1 saturated heterocycles. The molecule has 2 heterocycles. The van der Waals surface area contributed by atoms with Gasteiger partial charge in [0.15, 0.2) is 11.3 Å². The third-order valence-electron chi connectivity index (χ3n) is 5.76. The molecule has 1 amide bonds. The smallest absolute Gasteiger partial charge is 0.305 e. The second kappa shape index (κ2) is 10.5. The quantitative estimate of drug-likeness (QED) is 0.465. The number of morpholine rings is 1. The zero-order chi connectivity index (χ0) is 25.1. The highest BCUT2D eigenvalue weighted by atomic mass is 35.5. The van der Waals surface area contributed by atoms with Crippen LogP contribution in [0.1, 0.15) is 35.3 Å². The first-order valence-electron chi connectivity index (χ1n) is 11.0. The monoisotopic (exact) mass is 505 g/mol. The van der Waals surface area contributed by atoms with Crippen LogP contribution in [0.4, 0.5) is 10.4 Å². The average Bonchev–Trinajstić information content (AvgIpc) is 3.25. The molecule has 11 heteroatoms. The predicted octanol–water partition coefficient (Wildman–Crippen LogP) is 4.32. The first-order valence-corrected chi connectivity index (χ1v) is 11.4. The lowest BCUT2D eigenvalue weighted by Crippen LogP contribution is -2.52. The zero-order valence-corrected chi connectivity index (χ0v) is 19.9. The molecule has 0 spiro atoms. The molecule has 35 heavy (non-hydrogen) atoms. The summed E-state index contributed by atoms with van der Waals surface area (Å²) in [5.41, 5.74) is 1.49. The van der Waals surface area contributed by atoms with Crippen LogP contribution in [0.15, 0.2) is 40.8 Å². The third kappa shape index (κ3) is 5.49. The summed E-state index contributed by atoms with van der Waals surface area (Å²) < 4.78 is 30.6. The Morgan fingerprint density at radius 2 is 2.17 bits per heavy atom. The first-order chi connectivity index (χ1) is 16.8. The Morgan fingerprint density at radius 3 is 2.86 bits per heavy atom. The third-order valence-corrected chi connectivity index (χ3v) is 6.00. The first kappa shape index (κ1) is 24.7. The molecule has 2 unspecified atom stereocenters. The summed E-state index contributed by atoms with van der Waals surface area (Å²) in [6, 6.07) is 8.55. The number of nitrogens with zero attached hydrogens (tertiary/aromatic N) is 2. The molecule has 1 aromatic heterocycles. The number of hydrogen-bond donors (Lipinski definition) is 2. The Morgan fingerprint density at radius 1 is 1.37 bits per heavy atom. The van der Waals surface area contributed by atoms with Gasteiger partial charge in [-0.3, -0.25) is 9.59 Å². The number of aromatic nitrogens is 1. The summed E-state index contributed by atoms with van der Waals surface area (Å²) in [5.74, 6) is -1.12. The maximum Gasteiger partial charge on any atom is 0.305 e. The molecule has 4 rings (SSSR count). The molecule has 0 bridgehead atoms. The Bertz CT molecular complexity index is 1240. The van der Waals surface area contributed by atoms with Gasteiger partial charge in [-0.15, -0.1) is 0 Å². The summed E-state index contributed by atoms with van der Waals surface area (Å²) in [7, 11) is 1.43. The zero-order valence-electron chi connectivity index (χ0n) is 19.2. The van der Waals surface area contributed by atoms with Gasteiger partial charge in [0.25, 0.3) is 11.9 Å². The molecule has 0 saturated carbocycles. The van der Waals surface area contributed by atoms with Crippen LogP contribution in [-0.2, 0) is 9.53 Å². The van der Waals surface area contributed by atoms with Crippen LogP contribution in [0.5, 0.6) is 5.75 Å². The number of methoxy groups -OCH3 is 1. The lowest BCUT2D eigenvalue weighted by Gasteiger charge is -2.38. The van der Waals surface area contributed by atoms with E-state index in [-0.39, 0.29) is 54.5 Å². The number of anilines is 1. The highest BCUT2D eigenvalue weighted by Gasteiger charge is 2.33. The number of benzene rings is 2. The van der Waals surface area contributed by atoms with Gasteiger partial charge in [0.05, 0.1) is 38.3 Å². The molecule has 2 N–H and O–H groups in total. The summed E-state index contributed by atoms with van der Waals surface area (Å²) in [6.07, 6.45) is -0.467. The Labute approximate surface area is 205 Å². The van der Waals surface area contributed by atoms with Crippen LogP contribution in [-0.4, -0.2) is 65.9 Å². The fourth-order valence-corrected chi connectivity index (χ4v) is 4.25. The van der Waals surface area contributed by atoms with Crippen molar-refractivity contribution in [1.29, 1.82) is 0 Å². The molecule has 1 aliphatic heterocycles. The molecule has 1 aliphatic rings. The number of fused-ring (bicyclic) bond motifs is 1. The van der Waals surface area contributed by atoms with Gasteiger partial charge in [-0.25, -0.2) is 4.39 Å². The second-order valence-electron chi connectivity index (χ2n) is 8.31. The number of rotatable bonds is 8. The maximum absolute atomic E-state index is 13.8. The molecular weight excluding hydrogens is 481 g/mol. The summed E-state index contributed by atoms with van der Waals surface area (Å²) in [6.45, 7) is 1.46. The van der Waals surface area contributed by atoms with Crippen molar-refractivity contribution in [3.63, 3.8) is 0 Å². The number of hydrogen-bond acceptors (Lipinski definition) is 7. The van der Waals surface area contributed by atoms with E-state index in [0.717, 1.165) is 0 Å². The molecule has 2 aromatic carbocycles. The number of amides is 1. The number of ether oxygens (including phenoxy) is 2. The standard InChI is InChI=1S/C24H25ClFN3O6/c1-13-11-29(17(12-34-13)9-21(30)31)23(32)15-7-18-22(20(8-15)33-2)35-24(27-18)28-19(10-26)14-4-3-5-16(25)6-14/h3-8,13,17,19H,9-12H2,1-2H3,(H,27,28)(H,30,31)/t13?,17-,19?/m0/s1. The highest BCUT2D eigenvalue weighted by Crippen LogP contribution is 2.33. The summed E-state index contributed by atoms with van der Waals surface area (Å²) >= 11 is 6.03. The van der Waals surface area contributed by atoms with Crippen LogP contribution in [0.3, 0.4) is 0 Å². The summed E-state index contributed by atoms with van der Waals surface area (Å²) in [5, 5.41) is 12.6. The van der Waals surface area contributed by atoms with Gasteiger partial charge in [0, 0.05) is 17.1 Å². The SMILES string of the molecule is COc1cc(C(=O)N2CC(C)OC[C@@H]2CC(=O)O)cc2nc(NC(CF)c3cccc(Cl)c3)oc12. The highest BCUT2D eigenvalue weighted by molar-refractivity contribution is 6.30. The number of aliphatic carboxylic acids is 1. The molecule has 9 nitrogen and oxygen atoms in total. The molecule has 0 aliphatic carbocycles. The predicted molar refractivity (Wildman–Crippen MR) is 127 cm³/mol. The molecule has 3 atom stereocenters. The largest absolute Gasteiger partial charge is 0.493 e. The number of carboxylic acids is 1. The van der Waals surface area contributed by atoms with Gasteiger partial charge in [-0.05, 0) is 36.8 Å².